The van der Waals surface area contributed by atoms with E-state index in [2.05, 4.69) is 0 Å². The topological polar surface area (TPSA) is 72.6 Å². The van der Waals surface area contributed by atoms with Crippen LogP contribution in [0.1, 0.15) is 12.5 Å². The van der Waals surface area contributed by atoms with Gasteiger partial charge in [-0.1, -0.05) is 48.0 Å². The Labute approximate surface area is 126 Å². The van der Waals surface area contributed by atoms with Crippen LogP contribution in [-0.2, 0) is 5.60 Å². The summed E-state index contributed by atoms with van der Waals surface area (Å²) < 4.78 is 5.42. The number of nitro benzene ring substituents is 1. The van der Waals surface area contributed by atoms with Crippen molar-refractivity contribution >= 4 is 17.3 Å². The predicted octanol–water partition coefficient (Wildman–Crippen LogP) is 3.53. The average Bonchev–Trinajstić information content (AvgIpc) is 2.46. The van der Waals surface area contributed by atoms with Gasteiger partial charge in [-0.25, -0.2) is 0 Å². The summed E-state index contributed by atoms with van der Waals surface area (Å²) in [6.07, 6.45) is 0. The van der Waals surface area contributed by atoms with Gasteiger partial charge in [-0.05, 0) is 18.6 Å². The van der Waals surface area contributed by atoms with Crippen molar-refractivity contribution in [3.05, 3.63) is 69.2 Å². The van der Waals surface area contributed by atoms with Crippen LogP contribution < -0.4 is 4.74 Å². The molecule has 0 saturated heterocycles. The molecule has 21 heavy (non-hydrogen) atoms. The third-order valence-corrected chi connectivity index (χ3v) is 3.33. The molecule has 0 fully saturated rings. The summed E-state index contributed by atoms with van der Waals surface area (Å²) >= 11 is 5.94. The molecular weight excluding hydrogens is 294 g/mol. The van der Waals surface area contributed by atoms with E-state index in [1.54, 1.807) is 31.2 Å². The molecule has 1 atom stereocenters. The summed E-state index contributed by atoms with van der Waals surface area (Å²) in [5.41, 5.74) is -0.861. The molecular formula is C15H14ClNO4. The van der Waals surface area contributed by atoms with Crippen LogP contribution in [0.5, 0.6) is 5.75 Å². The smallest absolute Gasteiger partial charge is 0.312 e. The molecule has 0 radical (unpaired) electrons. The van der Waals surface area contributed by atoms with E-state index >= 15 is 0 Å². The first kappa shape index (κ1) is 15.3. The maximum absolute atomic E-state index is 11.0. The van der Waals surface area contributed by atoms with Crippen LogP contribution in [0.25, 0.3) is 0 Å². The van der Waals surface area contributed by atoms with Crippen molar-refractivity contribution in [2.45, 2.75) is 12.5 Å². The molecule has 0 saturated carbocycles. The van der Waals surface area contributed by atoms with Gasteiger partial charge in [0.25, 0.3) is 0 Å². The van der Waals surface area contributed by atoms with Crippen LogP contribution in [0.15, 0.2) is 48.5 Å². The highest BCUT2D eigenvalue weighted by molar-refractivity contribution is 6.32. The molecule has 2 aromatic rings. The Morgan fingerprint density at radius 2 is 1.90 bits per heavy atom. The van der Waals surface area contributed by atoms with Gasteiger partial charge in [-0.2, -0.15) is 0 Å². The molecule has 0 amide bonds. The third kappa shape index (κ3) is 3.51. The molecule has 0 spiro atoms. The second-order valence-electron chi connectivity index (χ2n) is 4.77. The molecule has 1 unspecified atom stereocenters. The van der Waals surface area contributed by atoms with Crippen LogP contribution in [0, 0.1) is 10.1 Å². The quantitative estimate of drug-likeness (QED) is 0.677. The number of hydrogen-bond acceptors (Lipinski definition) is 4. The lowest BCUT2D eigenvalue weighted by molar-refractivity contribution is -0.386. The Kier molecular flexibility index (Phi) is 4.45. The average molecular weight is 308 g/mol. The van der Waals surface area contributed by atoms with Gasteiger partial charge in [-0.15, -0.1) is 0 Å². The fraction of sp³-hybridized carbons (Fsp3) is 0.200. The molecule has 0 aromatic heterocycles. The summed E-state index contributed by atoms with van der Waals surface area (Å²) in [5, 5.41) is 21.5. The molecule has 0 heterocycles. The monoisotopic (exact) mass is 307 g/mol. The normalized spacial score (nSPS) is 13.5. The predicted molar refractivity (Wildman–Crippen MR) is 79.6 cm³/mol. The first-order chi connectivity index (χ1) is 9.92. The summed E-state index contributed by atoms with van der Waals surface area (Å²) in [7, 11) is 0. The van der Waals surface area contributed by atoms with Crippen molar-refractivity contribution in [3.8, 4) is 5.75 Å². The number of aliphatic hydroxyl groups is 1. The van der Waals surface area contributed by atoms with Crippen molar-refractivity contribution in [1.29, 1.82) is 0 Å². The Morgan fingerprint density at radius 1 is 1.24 bits per heavy atom. The number of halogens is 1. The van der Waals surface area contributed by atoms with Crippen molar-refractivity contribution in [2.75, 3.05) is 6.61 Å². The SMILES string of the molecule is CC(O)(COc1c(Cl)cccc1[N+](=O)[O-])c1ccccc1. The standard InChI is InChI=1S/C15H14ClNO4/c1-15(18,11-6-3-2-4-7-11)10-21-14-12(16)8-5-9-13(14)17(19)20/h2-9,18H,10H2,1H3. The fourth-order valence-corrected chi connectivity index (χ4v) is 2.10. The molecule has 0 aliphatic rings. The maximum Gasteiger partial charge on any atom is 0.312 e. The van der Waals surface area contributed by atoms with E-state index in [0.29, 0.717) is 5.56 Å². The third-order valence-electron chi connectivity index (χ3n) is 3.04. The van der Waals surface area contributed by atoms with E-state index in [-0.39, 0.29) is 23.1 Å². The van der Waals surface area contributed by atoms with E-state index < -0.39 is 10.5 Å². The number of ether oxygens (including phenoxy) is 1. The highest BCUT2D eigenvalue weighted by atomic mass is 35.5. The Hall–Kier alpha value is -2.11. The molecule has 2 rings (SSSR count). The first-order valence-corrected chi connectivity index (χ1v) is 6.63. The van der Waals surface area contributed by atoms with E-state index in [0.717, 1.165) is 0 Å². The summed E-state index contributed by atoms with van der Waals surface area (Å²) in [6.45, 7) is 1.42. The second-order valence-corrected chi connectivity index (χ2v) is 5.18. The van der Waals surface area contributed by atoms with Crippen LogP contribution in [0.4, 0.5) is 5.69 Å². The number of para-hydroxylation sites is 1. The number of benzene rings is 2. The lowest BCUT2D eigenvalue weighted by atomic mass is 9.97. The molecule has 2 aromatic carbocycles. The maximum atomic E-state index is 11.0. The minimum Gasteiger partial charge on any atom is -0.482 e. The van der Waals surface area contributed by atoms with E-state index in [1.165, 1.54) is 18.2 Å². The van der Waals surface area contributed by atoms with Gasteiger partial charge in [-0.3, -0.25) is 10.1 Å². The zero-order valence-corrected chi connectivity index (χ0v) is 12.1. The van der Waals surface area contributed by atoms with Crippen molar-refractivity contribution in [3.63, 3.8) is 0 Å². The van der Waals surface area contributed by atoms with Gasteiger partial charge in [0.1, 0.15) is 12.2 Å². The lowest BCUT2D eigenvalue weighted by Crippen LogP contribution is -2.29. The molecule has 1 N–H and O–H groups in total. The lowest BCUT2D eigenvalue weighted by Gasteiger charge is -2.24. The van der Waals surface area contributed by atoms with E-state index in [1.807, 2.05) is 6.07 Å². The Morgan fingerprint density at radius 3 is 2.52 bits per heavy atom. The van der Waals surface area contributed by atoms with Gasteiger partial charge in [0.15, 0.2) is 0 Å². The minimum absolute atomic E-state index is 0.0413. The fourth-order valence-electron chi connectivity index (χ4n) is 1.88. The van der Waals surface area contributed by atoms with E-state index in [4.69, 9.17) is 16.3 Å². The van der Waals surface area contributed by atoms with E-state index in [9.17, 15) is 15.2 Å². The summed E-state index contributed by atoms with van der Waals surface area (Å²) in [6, 6.07) is 13.2. The van der Waals surface area contributed by atoms with Crippen LogP contribution in [0.2, 0.25) is 5.02 Å². The van der Waals surface area contributed by atoms with Crippen molar-refractivity contribution in [2.24, 2.45) is 0 Å². The Balaban J connectivity index is 2.22. The highest BCUT2D eigenvalue weighted by Gasteiger charge is 2.26. The van der Waals surface area contributed by atoms with Crippen LogP contribution >= 0.6 is 11.6 Å². The highest BCUT2D eigenvalue weighted by Crippen LogP contribution is 2.35. The van der Waals surface area contributed by atoms with Crippen molar-refractivity contribution < 1.29 is 14.8 Å². The minimum atomic E-state index is -1.28. The van der Waals surface area contributed by atoms with Gasteiger partial charge < -0.3 is 9.84 Å². The zero-order valence-electron chi connectivity index (χ0n) is 11.3. The number of nitro groups is 1. The number of nitrogens with zero attached hydrogens (tertiary/aromatic N) is 1. The second kappa shape index (κ2) is 6.11. The van der Waals surface area contributed by atoms with Crippen molar-refractivity contribution in [1.82, 2.24) is 0 Å². The molecule has 0 aliphatic heterocycles. The molecule has 0 bridgehead atoms. The molecule has 6 heteroatoms. The van der Waals surface area contributed by atoms with Crippen LogP contribution in [0.3, 0.4) is 0 Å². The van der Waals surface area contributed by atoms with Gasteiger partial charge >= 0.3 is 5.69 Å². The molecule has 110 valence electrons. The van der Waals surface area contributed by atoms with Gasteiger partial charge in [0.2, 0.25) is 5.75 Å². The molecule has 0 aliphatic carbocycles. The first-order valence-electron chi connectivity index (χ1n) is 6.25. The largest absolute Gasteiger partial charge is 0.482 e. The van der Waals surface area contributed by atoms with Gasteiger partial charge in [0, 0.05) is 6.07 Å². The molecule has 5 nitrogen and oxygen atoms in total. The number of rotatable bonds is 5. The zero-order chi connectivity index (χ0) is 15.5. The van der Waals surface area contributed by atoms with Gasteiger partial charge in [0.05, 0.1) is 9.95 Å². The summed E-state index contributed by atoms with van der Waals surface area (Å²) in [5.74, 6) is -0.0413. The summed E-state index contributed by atoms with van der Waals surface area (Å²) in [4.78, 5) is 10.4. The Bertz CT molecular complexity index is 643. The number of hydrogen-bond donors (Lipinski definition) is 1. The van der Waals surface area contributed by atoms with Crippen LogP contribution in [-0.4, -0.2) is 16.6 Å².